The van der Waals surface area contributed by atoms with E-state index in [0.29, 0.717) is 6.61 Å². The van der Waals surface area contributed by atoms with Gasteiger partial charge < -0.3 is 4.74 Å². The molecule has 0 aliphatic carbocycles. The van der Waals surface area contributed by atoms with Crippen LogP contribution in [0.25, 0.3) is 0 Å². The minimum absolute atomic E-state index is 0.134. The highest BCUT2D eigenvalue weighted by Gasteiger charge is 2.37. The number of nitrogens with zero attached hydrogens (tertiary/aromatic N) is 1. The number of halogens is 1. The maximum atomic E-state index is 5.67. The smallest absolute Gasteiger partial charge is 0.195 e. The zero-order chi connectivity index (χ0) is 11.6. The number of fused-ring (bicyclic) bond motifs is 1. The van der Waals surface area contributed by atoms with Gasteiger partial charge in [0, 0.05) is 5.33 Å². The van der Waals surface area contributed by atoms with Crippen LogP contribution in [-0.4, -0.2) is 17.8 Å². The van der Waals surface area contributed by atoms with E-state index in [2.05, 4.69) is 52.1 Å². The van der Waals surface area contributed by atoms with E-state index in [9.17, 15) is 0 Å². The fraction of sp³-hybridized carbons (Fsp3) is 0.462. The molecule has 0 saturated heterocycles. The molecule has 1 aliphatic rings. The molecule has 0 spiro atoms. The first-order valence-electron chi connectivity index (χ1n) is 5.54. The van der Waals surface area contributed by atoms with E-state index in [0.717, 1.165) is 17.8 Å². The third-order valence-corrected chi connectivity index (χ3v) is 4.15. The monoisotopic (exact) mass is 281 g/mol. The second kappa shape index (κ2) is 4.58. The van der Waals surface area contributed by atoms with Crippen LogP contribution in [-0.2, 0) is 16.7 Å². The van der Waals surface area contributed by atoms with Gasteiger partial charge in [0.2, 0.25) is 0 Å². The van der Waals surface area contributed by atoms with Crippen molar-refractivity contribution in [1.82, 2.24) is 0 Å². The number of alkyl halides is 1. The van der Waals surface area contributed by atoms with Crippen LogP contribution >= 0.6 is 15.9 Å². The van der Waals surface area contributed by atoms with Crippen LogP contribution in [0.2, 0.25) is 0 Å². The van der Waals surface area contributed by atoms with E-state index in [1.807, 2.05) is 6.92 Å². The number of hydrogen-bond acceptors (Lipinski definition) is 2. The van der Waals surface area contributed by atoms with E-state index < -0.39 is 0 Å². The summed E-state index contributed by atoms with van der Waals surface area (Å²) in [4.78, 5) is 4.55. The first-order valence-corrected chi connectivity index (χ1v) is 6.66. The molecule has 0 saturated carbocycles. The third-order valence-electron chi connectivity index (χ3n) is 3.03. The standard InChI is InChI=1S/C13H16BrNO/c1-3-16-12-13(2,9-14)11-7-5-4-6-10(11)8-15-12/h4-7H,3,8-9H2,1-2H3. The van der Waals surface area contributed by atoms with Gasteiger partial charge in [-0.3, -0.25) is 4.99 Å². The predicted octanol–water partition coefficient (Wildman–Crippen LogP) is 3.29. The summed E-state index contributed by atoms with van der Waals surface area (Å²) in [7, 11) is 0. The van der Waals surface area contributed by atoms with Crippen molar-refractivity contribution in [3.8, 4) is 0 Å². The van der Waals surface area contributed by atoms with Crippen LogP contribution in [0.5, 0.6) is 0 Å². The third kappa shape index (κ3) is 1.77. The molecular weight excluding hydrogens is 266 g/mol. The molecule has 1 aliphatic heterocycles. The number of aliphatic imine (C=N–C) groups is 1. The molecule has 16 heavy (non-hydrogen) atoms. The van der Waals surface area contributed by atoms with Gasteiger partial charge in [-0.2, -0.15) is 0 Å². The maximum absolute atomic E-state index is 5.67. The summed E-state index contributed by atoms with van der Waals surface area (Å²) >= 11 is 3.59. The van der Waals surface area contributed by atoms with Crippen LogP contribution < -0.4 is 0 Å². The van der Waals surface area contributed by atoms with Crippen LogP contribution in [0.1, 0.15) is 25.0 Å². The Morgan fingerprint density at radius 3 is 2.88 bits per heavy atom. The van der Waals surface area contributed by atoms with Crippen LogP contribution in [0.4, 0.5) is 0 Å². The van der Waals surface area contributed by atoms with Crippen LogP contribution in [0.15, 0.2) is 29.3 Å². The van der Waals surface area contributed by atoms with Crippen molar-refractivity contribution < 1.29 is 4.74 Å². The quantitative estimate of drug-likeness (QED) is 0.763. The summed E-state index contributed by atoms with van der Waals surface area (Å²) in [5, 5.41) is 0.829. The SMILES string of the molecule is CCOC1=NCc2ccccc2C1(C)CBr. The van der Waals surface area contributed by atoms with Gasteiger partial charge in [-0.25, -0.2) is 0 Å². The van der Waals surface area contributed by atoms with E-state index >= 15 is 0 Å². The molecule has 3 heteroatoms. The second-order valence-corrected chi connectivity index (χ2v) is 4.74. The van der Waals surface area contributed by atoms with Crippen LogP contribution in [0.3, 0.4) is 0 Å². The highest BCUT2D eigenvalue weighted by molar-refractivity contribution is 9.09. The Balaban J connectivity index is 2.47. The first kappa shape index (κ1) is 11.6. The van der Waals surface area contributed by atoms with Gasteiger partial charge in [-0.05, 0) is 25.0 Å². The van der Waals surface area contributed by atoms with Crippen molar-refractivity contribution >= 4 is 21.8 Å². The molecule has 1 atom stereocenters. The van der Waals surface area contributed by atoms with Crippen molar-refractivity contribution in [1.29, 1.82) is 0 Å². The molecular formula is C13H16BrNO. The first-order chi connectivity index (χ1) is 7.72. The number of rotatable bonds is 2. The van der Waals surface area contributed by atoms with E-state index in [1.54, 1.807) is 0 Å². The van der Waals surface area contributed by atoms with Gasteiger partial charge in [0.15, 0.2) is 5.90 Å². The van der Waals surface area contributed by atoms with Gasteiger partial charge in [0.25, 0.3) is 0 Å². The average Bonchev–Trinajstić information content (AvgIpc) is 2.33. The fourth-order valence-electron chi connectivity index (χ4n) is 2.11. The zero-order valence-corrected chi connectivity index (χ0v) is 11.3. The van der Waals surface area contributed by atoms with Crippen molar-refractivity contribution in [3.05, 3.63) is 35.4 Å². The predicted molar refractivity (Wildman–Crippen MR) is 70.4 cm³/mol. The van der Waals surface area contributed by atoms with Gasteiger partial charge >= 0.3 is 0 Å². The molecule has 0 N–H and O–H groups in total. The Bertz CT molecular complexity index is 416. The molecule has 0 bridgehead atoms. The Kier molecular flexibility index (Phi) is 3.33. The minimum atomic E-state index is -0.134. The minimum Gasteiger partial charge on any atom is -0.481 e. The van der Waals surface area contributed by atoms with Gasteiger partial charge in [-0.15, -0.1) is 0 Å². The summed E-state index contributed by atoms with van der Waals surface area (Å²) in [6.45, 7) is 5.57. The largest absolute Gasteiger partial charge is 0.481 e. The maximum Gasteiger partial charge on any atom is 0.195 e. The Labute approximate surface area is 105 Å². The zero-order valence-electron chi connectivity index (χ0n) is 9.66. The number of benzene rings is 1. The summed E-state index contributed by atoms with van der Waals surface area (Å²) in [6, 6.07) is 8.45. The Morgan fingerprint density at radius 2 is 2.19 bits per heavy atom. The fourth-order valence-corrected chi connectivity index (χ4v) is 2.66. The molecule has 2 nitrogen and oxygen atoms in total. The van der Waals surface area contributed by atoms with Gasteiger partial charge in [0.1, 0.15) is 0 Å². The summed E-state index contributed by atoms with van der Waals surface area (Å²) in [5.74, 6) is 0.852. The molecule has 0 aromatic heterocycles. The van der Waals surface area contributed by atoms with Crippen molar-refractivity contribution in [2.45, 2.75) is 25.8 Å². The van der Waals surface area contributed by atoms with Crippen molar-refractivity contribution in [3.63, 3.8) is 0 Å². The Morgan fingerprint density at radius 1 is 1.44 bits per heavy atom. The molecule has 1 aromatic carbocycles. The lowest BCUT2D eigenvalue weighted by Crippen LogP contribution is -2.39. The summed E-state index contributed by atoms with van der Waals surface area (Å²) in [6.07, 6.45) is 0. The summed E-state index contributed by atoms with van der Waals surface area (Å²) < 4.78 is 5.67. The van der Waals surface area contributed by atoms with Gasteiger partial charge in [-0.1, -0.05) is 40.2 Å². The highest BCUT2D eigenvalue weighted by atomic mass is 79.9. The van der Waals surface area contributed by atoms with E-state index in [-0.39, 0.29) is 5.41 Å². The normalized spacial score (nSPS) is 23.6. The number of ether oxygens (including phenoxy) is 1. The molecule has 0 amide bonds. The molecule has 1 unspecified atom stereocenters. The molecule has 0 fully saturated rings. The second-order valence-electron chi connectivity index (χ2n) is 4.18. The van der Waals surface area contributed by atoms with E-state index in [1.165, 1.54) is 11.1 Å². The van der Waals surface area contributed by atoms with E-state index in [4.69, 9.17) is 4.74 Å². The average molecular weight is 282 g/mol. The lowest BCUT2D eigenvalue weighted by molar-refractivity contribution is 0.293. The van der Waals surface area contributed by atoms with Crippen LogP contribution in [0, 0.1) is 0 Å². The molecule has 86 valence electrons. The Hall–Kier alpha value is -0.830. The number of hydrogen-bond donors (Lipinski definition) is 0. The van der Waals surface area contributed by atoms with Crippen molar-refractivity contribution in [2.75, 3.05) is 11.9 Å². The molecule has 0 radical (unpaired) electrons. The van der Waals surface area contributed by atoms with Gasteiger partial charge in [0.05, 0.1) is 18.6 Å². The lowest BCUT2D eigenvalue weighted by atomic mass is 9.79. The topological polar surface area (TPSA) is 21.6 Å². The molecule has 1 aromatic rings. The molecule has 2 rings (SSSR count). The lowest BCUT2D eigenvalue weighted by Gasteiger charge is -2.34. The highest BCUT2D eigenvalue weighted by Crippen LogP contribution is 2.34. The summed E-state index contributed by atoms with van der Waals surface area (Å²) in [5.41, 5.74) is 2.49. The molecule has 1 heterocycles. The van der Waals surface area contributed by atoms with Crippen molar-refractivity contribution in [2.24, 2.45) is 4.99 Å².